The minimum atomic E-state index is -3.20. The van der Waals surface area contributed by atoms with Crippen molar-refractivity contribution in [3.05, 3.63) is 18.1 Å². The first-order valence-corrected chi connectivity index (χ1v) is 8.87. The molecule has 1 fully saturated rings. The van der Waals surface area contributed by atoms with Gasteiger partial charge in [0.25, 0.3) is 0 Å². The summed E-state index contributed by atoms with van der Waals surface area (Å²) in [6, 6.07) is 0. The zero-order chi connectivity index (χ0) is 16.2. The molecule has 1 aromatic rings. The van der Waals surface area contributed by atoms with Gasteiger partial charge >= 0.3 is 5.97 Å². The third kappa shape index (κ3) is 4.38. The van der Waals surface area contributed by atoms with E-state index in [1.165, 1.54) is 19.6 Å². The van der Waals surface area contributed by atoms with Crippen molar-refractivity contribution >= 4 is 21.8 Å². The molecule has 0 aromatic carbocycles. The fourth-order valence-corrected chi connectivity index (χ4v) is 3.06. The number of methoxy groups -OCH3 is 1. The topological polar surface area (TPSA) is 101 Å². The molecule has 2 heterocycles. The standard InChI is InChI=1S/C13H20N4O4S/c1-21-13(18)11-7-14-9-15-12(11)17-5-3-4-10(8-17)6-16-22(2,19)20/h7,9-10,16H,3-6,8H2,1-2H3. The van der Waals surface area contributed by atoms with E-state index in [0.29, 0.717) is 24.5 Å². The van der Waals surface area contributed by atoms with Gasteiger partial charge in [0.2, 0.25) is 10.0 Å². The van der Waals surface area contributed by atoms with E-state index in [4.69, 9.17) is 4.74 Å². The molecule has 1 saturated heterocycles. The molecule has 0 radical (unpaired) electrons. The van der Waals surface area contributed by atoms with Crippen molar-refractivity contribution in [1.82, 2.24) is 14.7 Å². The SMILES string of the molecule is COC(=O)c1cncnc1N1CCCC(CNS(C)(=O)=O)C1. The number of aromatic nitrogens is 2. The van der Waals surface area contributed by atoms with Gasteiger partial charge in [0.1, 0.15) is 17.7 Å². The molecule has 22 heavy (non-hydrogen) atoms. The fourth-order valence-electron chi connectivity index (χ4n) is 2.52. The molecule has 0 amide bonds. The third-order valence-electron chi connectivity index (χ3n) is 3.55. The summed E-state index contributed by atoms with van der Waals surface area (Å²) < 4.78 is 29.7. The van der Waals surface area contributed by atoms with Crippen molar-refractivity contribution in [2.24, 2.45) is 5.92 Å². The highest BCUT2D eigenvalue weighted by atomic mass is 32.2. The first kappa shape index (κ1) is 16.6. The van der Waals surface area contributed by atoms with Gasteiger partial charge in [0.05, 0.1) is 13.4 Å². The molecule has 0 saturated carbocycles. The molecule has 122 valence electrons. The Bertz CT molecular complexity index is 635. The van der Waals surface area contributed by atoms with Gasteiger partial charge in [0, 0.05) is 25.8 Å². The molecule has 1 unspecified atom stereocenters. The number of piperidine rings is 1. The van der Waals surface area contributed by atoms with E-state index in [2.05, 4.69) is 14.7 Å². The molecule has 1 N–H and O–H groups in total. The Morgan fingerprint density at radius 1 is 1.55 bits per heavy atom. The van der Waals surface area contributed by atoms with Crippen LogP contribution in [-0.4, -0.2) is 57.4 Å². The van der Waals surface area contributed by atoms with Gasteiger partial charge in [-0.15, -0.1) is 0 Å². The molecule has 1 aliphatic heterocycles. The Hall–Kier alpha value is -1.74. The van der Waals surface area contributed by atoms with Crippen molar-refractivity contribution in [3.63, 3.8) is 0 Å². The van der Waals surface area contributed by atoms with Gasteiger partial charge in [-0.3, -0.25) is 0 Å². The van der Waals surface area contributed by atoms with Crippen LogP contribution in [0.2, 0.25) is 0 Å². The van der Waals surface area contributed by atoms with Crippen LogP contribution in [0.3, 0.4) is 0 Å². The number of sulfonamides is 1. The maximum atomic E-state index is 11.8. The molecule has 0 spiro atoms. The van der Waals surface area contributed by atoms with Crippen LogP contribution in [0.15, 0.2) is 12.5 Å². The molecule has 0 aliphatic carbocycles. The Kier molecular flexibility index (Phi) is 5.30. The van der Waals surface area contributed by atoms with Crippen LogP contribution in [0, 0.1) is 5.92 Å². The van der Waals surface area contributed by atoms with Crippen molar-refractivity contribution < 1.29 is 17.9 Å². The van der Waals surface area contributed by atoms with Crippen LogP contribution in [-0.2, 0) is 14.8 Å². The molecule has 1 atom stereocenters. The quantitative estimate of drug-likeness (QED) is 0.761. The third-order valence-corrected chi connectivity index (χ3v) is 4.24. The second kappa shape index (κ2) is 7.01. The van der Waals surface area contributed by atoms with E-state index in [1.807, 2.05) is 4.90 Å². The lowest BCUT2D eigenvalue weighted by molar-refractivity contribution is 0.0600. The monoisotopic (exact) mass is 328 g/mol. The first-order valence-electron chi connectivity index (χ1n) is 6.98. The molecule has 9 heteroatoms. The zero-order valence-electron chi connectivity index (χ0n) is 12.7. The van der Waals surface area contributed by atoms with Gasteiger partial charge in [-0.1, -0.05) is 0 Å². The number of esters is 1. The second-order valence-corrected chi connectivity index (χ2v) is 7.16. The summed E-state index contributed by atoms with van der Waals surface area (Å²) in [5.41, 5.74) is 0.321. The van der Waals surface area contributed by atoms with Crippen molar-refractivity contribution in [3.8, 4) is 0 Å². The number of carbonyl (C=O) groups is 1. The van der Waals surface area contributed by atoms with E-state index in [9.17, 15) is 13.2 Å². The van der Waals surface area contributed by atoms with Gasteiger partial charge in [-0.05, 0) is 18.8 Å². The van der Waals surface area contributed by atoms with Crippen molar-refractivity contribution in [2.75, 3.05) is 37.9 Å². The summed E-state index contributed by atoms with van der Waals surface area (Å²) in [5.74, 6) is 0.224. The van der Waals surface area contributed by atoms with E-state index >= 15 is 0 Å². The average Bonchev–Trinajstić information content (AvgIpc) is 2.52. The smallest absolute Gasteiger partial charge is 0.343 e. The van der Waals surface area contributed by atoms with E-state index in [-0.39, 0.29) is 5.92 Å². The number of carbonyl (C=O) groups excluding carboxylic acids is 1. The number of ether oxygens (including phenoxy) is 1. The van der Waals surface area contributed by atoms with E-state index in [1.54, 1.807) is 0 Å². The van der Waals surface area contributed by atoms with Crippen LogP contribution >= 0.6 is 0 Å². The summed E-state index contributed by atoms with van der Waals surface area (Å²) in [5, 5.41) is 0. The number of rotatable bonds is 5. The maximum Gasteiger partial charge on any atom is 0.343 e. The highest BCUT2D eigenvalue weighted by Gasteiger charge is 2.25. The van der Waals surface area contributed by atoms with E-state index < -0.39 is 16.0 Å². The minimum absolute atomic E-state index is 0.170. The molecular formula is C13H20N4O4S. The maximum absolute atomic E-state index is 11.8. The van der Waals surface area contributed by atoms with Crippen LogP contribution in [0.25, 0.3) is 0 Å². The highest BCUT2D eigenvalue weighted by molar-refractivity contribution is 7.88. The number of nitrogens with one attached hydrogen (secondary N) is 1. The van der Waals surface area contributed by atoms with Crippen LogP contribution < -0.4 is 9.62 Å². The molecular weight excluding hydrogens is 308 g/mol. The van der Waals surface area contributed by atoms with Gasteiger partial charge in [-0.2, -0.15) is 0 Å². The largest absolute Gasteiger partial charge is 0.465 e. The summed E-state index contributed by atoms with van der Waals surface area (Å²) in [6.45, 7) is 1.77. The predicted octanol–water partition coefficient (Wildman–Crippen LogP) is 0.0288. The van der Waals surface area contributed by atoms with E-state index in [0.717, 1.165) is 25.6 Å². The Morgan fingerprint density at radius 2 is 2.32 bits per heavy atom. The van der Waals surface area contributed by atoms with Gasteiger partial charge < -0.3 is 9.64 Å². The predicted molar refractivity (Wildman–Crippen MR) is 81.2 cm³/mol. The van der Waals surface area contributed by atoms with Crippen LogP contribution in [0.5, 0.6) is 0 Å². The van der Waals surface area contributed by atoms with Crippen molar-refractivity contribution in [2.45, 2.75) is 12.8 Å². The lowest BCUT2D eigenvalue weighted by Gasteiger charge is -2.34. The average molecular weight is 328 g/mol. The molecule has 1 aromatic heterocycles. The Morgan fingerprint density at radius 3 is 3.00 bits per heavy atom. The fraction of sp³-hybridized carbons (Fsp3) is 0.615. The first-order chi connectivity index (χ1) is 10.4. The summed E-state index contributed by atoms with van der Waals surface area (Å²) in [6.07, 6.45) is 5.80. The number of anilines is 1. The Labute approximate surface area is 129 Å². The van der Waals surface area contributed by atoms with Crippen molar-refractivity contribution in [1.29, 1.82) is 0 Å². The summed E-state index contributed by atoms with van der Waals surface area (Å²) in [7, 11) is -1.89. The Balaban J connectivity index is 2.11. The molecule has 8 nitrogen and oxygen atoms in total. The molecule has 2 rings (SSSR count). The normalized spacial score (nSPS) is 19.0. The minimum Gasteiger partial charge on any atom is -0.465 e. The van der Waals surface area contributed by atoms with Gasteiger partial charge in [0.15, 0.2) is 0 Å². The number of hydrogen-bond donors (Lipinski definition) is 1. The lowest BCUT2D eigenvalue weighted by Crippen LogP contribution is -2.41. The number of hydrogen-bond acceptors (Lipinski definition) is 7. The summed E-state index contributed by atoms with van der Waals surface area (Å²) in [4.78, 5) is 21.8. The zero-order valence-corrected chi connectivity index (χ0v) is 13.5. The van der Waals surface area contributed by atoms with Crippen LogP contribution in [0.1, 0.15) is 23.2 Å². The number of nitrogens with zero attached hydrogens (tertiary/aromatic N) is 3. The second-order valence-electron chi connectivity index (χ2n) is 5.33. The van der Waals surface area contributed by atoms with Crippen LogP contribution in [0.4, 0.5) is 5.82 Å². The lowest BCUT2D eigenvalue weighted by atomic mass is 9.98. The molecule has 1 aliphatic rings. The molecule has 0 bridgehead atoms. The summed E-state index contributed by atoms with van der Waals surface area (Å²) >= 11 is 0. The van der Waals surface area contributed by atoms with Gasteiger partial charge in [-0.25, -0.2) is 27.9 Å². The highest BCUT2D eigenvalue weighted by Crippen LogP contribution is 2.24.